The van der Waals surface area contributed by atoms with Gasteiger partial charge in [-0.3, -0.25) is 20.4 Å². The third-order valence-corrected chi connectivity index (χ3v) is 4.01. The van der Waals surface area contributed by atoms with Crippen LogP contribution in [-0.2, 0) is 0 Å². The second-order valence-corrected chi connectivity index (χ2v) is 5.87. The smallest absolute Gasteiger partial charge is 0.267 e. The predicted octanol–water partition coefficient (Wildman–Crippen LogP) is 2.38. The molecular formula is C20H20N6O2. The Hall–Kier alpha value is -3.88. The molecule has 0 saturated heterocycles. The van der Waals surface area contributed by atoms with E-state index in [2.05, 4.69) is 21.5 Å². The first-order valence-electron chi connectivity index (χ1n) is 8.46. The van der Waals surface area contributed by atoms with Crippen LogP contribution < -0.4 is 33.2 Å². The third-order valence-electron chi connectivity index (χ3n) is 4.01. The van der Waals surface area contributed by atoms with E-state index in [1.54, 1.807) is 12.1 Å². The average molecular weight is 376 g/mol. The molecule has 142 valence electrons. The molecule has 2 amide bonds. The minimum atomic E-state index is -0.505. The lowest BCUT2D eigenvalue weighted by Crippen LogP contribution is -2.32. The molecule has 3 aromatic carbocycles. The average Bonchev–Trinajstić information content (AvgIpc) is 2.74. The molecule has 0 atom stereocenters. The molecular weight excluding hydrogens is 356 g/mol. The normalized spacial score (nSPS) is 10.1. The molecule has 8 N–H and O–H groups in total. The maximum atomic E-state index is 12.4. The molecule has 8 heteroatoms. The topological polar surface area (TPSA) is 134 Å². The van der Waals surface area contributed by atoms with Crippen molar-refractivity contribution in [3.8, 4) is 0 Å². The van der Waals surface area contributed by atoms with E-state index in [9.17, 15) is 9.59 Å². The molecule has 0 aliphatic carbocycles. The van der Waals surface area contributed by atoms with Crippen molar-refractivity contribution < 1.29 is 9.59 Å². The van der Waals surface area contributed by atoms with Crippen molar-refractivity contribution in [2.45, 2.75) is 0 Å². The highest BCUT2D eigenvalue weighted by molar-refractivity contribution is 6.07. The molecule has 3 rings (SSSR count). The maximum Gasteiger partial charge on any atom is 0.267 e. The van der Waals surface area contributed by atoms with Crippen LogP contribution in [0.2, 0.25) is 0 Å². The SMILES string of the molecule is NNC(=O)c1cc(Nc2ccccc2)c(C(=O)NN)cc1Nc1ccccc1. The van der Waals surface area contributed by atoms with Gasteiger partial charge in [0.2, 0.25) is 0 Å². The molecule has 0 aromatic heterocycles. The second kappa shape index (κ2) is 8.67. The number of hydrogen-bond acceptors (Lipinski definition) is 6. The van der Waals surface area contributed by atoms with Gasteiger partial charge in [0.25, 0.3) is 11.8 Å². The molecule has 0 fully saturated rings. The van der Waals surface area contributed by atoms with Gasteiger partial charge in [-0.2, -0.15) is 0 Å². The van der Waals surface area contributed by atoms with E-state index in [-0.39, 0.29) is 11.1 Å². The van der Waals surface area contributed by atoms with Crippen molar-refractivity contribution in [1.82, 2.24) is 10.9 Å². The summed E-state index contributed by atoms with van der Waals surface area (Å²) in [6, 6.07) is 21.6. The predicted molar refractivity (Wildman–Crippen MR) is 109 cm³/mol. The Morgan fingerprint density at radius 2 is 0.964 bits per heavy atom. The van der Waals surface area contributed by atoms with Crippen LogP contribution in [-0.4, -0.2) is 11.8 Å². The molecule has 0 aliphatic rings. The number of carbonyl (C=O) groups is 2. The monoisotopic (exact) mass is 376 g/mol. The van der Waals surface area contributed by atoms with Gasteiger partial charge in [0, 0.05) is 11.4 Å². The zero-order valence-corrected chi connectivity index (χ0v) is 14.9. The van der Waals surface area contributed by atoms with Crippen molar-refractivity contribution in [1.29, 1.82) is 0 Å². The number of nitrogens with one attached hydrogen (secondary N) is 4. The van der Waals surface area contributed by atoms with Gasteiger partial charge >= 0.3 is 0 Å². The first-order valence-corrected chi connectivity index (χ1v) is 8.46. The standard InChI is InChI=1S/C20H20N6O2/c21-25-19(27)15-12-18(24-14-9-5-2-6-10-14)16(20(28)26-22)11-17(15)23-13-7-3-1-4-8-13/h1-12,23-24H,21-22H2,(H,25,27)(H,26,28). The zero-order chi connectivity index (χ0) is 19.9. The zero-order valence-electron chi connectivity index (χ0n) is 14.9. The first-order chi connectivity index (χ1) is 13.6. The second-order valence-electron chi connectivity index (χ2n) is 5.87. The number of anilines is 4. The quantitative estimate of drug-likeness (QED) is 0.222. The number of hydrogen-bond donors (Lipinski definition) is 6. The van der Waals surface area contributed by atoms with E-state index in [1.165, 1.54) is 0 Å². The van der Waals surface area contributed by atoms with Crippen LogP contribution in [0.25, 0.3) is 0 Å². The highest BCUT2D eigenvalue weighted by Gasteiger charge is 2.19. The summed E-state index contributed by atoms with van der Waals surface area (Å²) in [7, 11) is 0. The highest BCUT2D eigenvalue weighted by atomic mass is 16.2. The number of nitrogen functional groups attached to an aromatic ring is 2. The number of rotatable bonds is 6. The lowest BCUT2D eigenvalue weighted by atomic mass is 10.0. The molecule has 0 heterocycles. The molecule has 0 bridgehead atoms. The van der Waals surface area contributed by atoms with Gasteiger partial charge in [-0.15, -0.1) is 0 Å². The Kier molecular flexibility index (Phi) is 5.85. The van der Waals surface area contributed by atoms with Crippen molar-refractivity contribution in [2.24, 2.45) is 11.7 Å². The lowest BCUT2D eigenvalue weighted by molar-refractivity contribution is 0.0943. The van der Waals surface area contributed by atoms with Gasteiger partial charge in [-0.05, 0) is 36.4 Å². The summed E-state index contributed by atoms with van der Waals surface area (Å²) in [5, 5.41) is 6.27. The summed E-state index contributed by atoms with van der Waals surface area (Å²) in [5.41, 5.74) is 7.09. The maximum absolute atomic E-state index is 12.4. The van der Waals surface area contributed by atoms with Crippen LogP contribution >= 0.6 is 0 Å². The molecule has 0 unspecified atom stereocenters. The number of amides is 2. The van der Waals surface area contributed by atoms with Crippen molar-refractivity contribution in [3.63, 3.8) is 0 Å². The van der Waals surface area contributed by atoms with Crippen LogP contribution in [0.5, 0.6) is 0 Å². The van der Waals surface area contributed by atoms with E-state index < -0.39 is 11.8 Å². The number of nitrogens with two attached hydrogens (primary N) is 2. The minimum Gasteiger partial charge on any atom is -0.355 e. The van der Waals surface area contributed by atoms with Crippen molar-refractivity contribution in [3.05, 3.63) is 83.9 Å². The van der Waals surface area contributed by atoms with Crippen LogP contribution in [0.4, 0.5) is 22.7 Å². The Labute approximate surface area is 161 Å². The summed E-state index contributed by atoms with van der Waals surface area (Å²) in [4.78, 5) is 24.7. The van der Waals surface area contributed by atoms with E-state index >= 15 is 0 Å². The summed E-state index contributed by atoms with van der Waals surface area (Å²) < 4.78 is 0. The van der Waals surface area contributed by atoms with Crippen molar-refractivity contribution in [2.75, 3.05) is 10.6 Å². The van der Waals surface area contributed by atoms with Crippen LogP contribution in [0.3, 0.4) is 0 Å². The van der Waals surface area contributed by atoms with Gasteiger partial charge in [-0.1, -0.05) is 36.4 Å². The van der Waals surface area contributed by atoms with Crippen LogP contribution in [0.15, 0.2) is 72.8 Å². The summed E-state index contributed by atoms with van der Waals surface area (Å²) in [6.07, 6.45) is 0. The fourth-order valence-corrected chi connectivity index (χ4v) is 2.69. The van der Waals surface area contributed by atoms with Gasteiger partial charge < -0.3 is 10.6 Å². The number of carbonyl (C=O) groups excluding carboxylic acids is 2. The third kappa shape index (κ3) is 4.26. The Bertz CT molecular complexity index is 895. The highest BCUT2D eigenvalue weighted by Crippen LogP contribution is 2.30. The van der Waals surface area contributed by atoms with Crippen LogP contribution in [0, 0.1) is 0 Å². The summed E-state index contributed by atoms with van der Waals surface area (Å²) in [5.74, 6) is 9.68. The van der Waals surface area contributed by atoms with E-state index in [1.807, 2.05) is 60.7 Å². The largest absolute Gasteiger partial charge is 0.355 e. The molecule has 0 radical (unpaired) electrons. The molecule has 28 heavy (non-hydrogen) atoms. The molecule has 8 nitrogen and oxygen atoms in total. The fourth-order valence-electron chi connectivity index (χ4n) is 2.69. The number of benzene rings is 3. The van der Waals surface area contributed by atoms with E-state index in [0.29, 0.717) is 11.4 Å². The summed E-state index contributed by atoms with van der Waals surface area (Å²) >= 11 is 0. The molecule has 3 aromatic rings. The van der Waals surface area contributed by atoms with Gasteiger partial charge in [0.05, 0.1) is 22.5 Å². The van der Waals surface area contributed by atoms with E-state index in [0.717, 1.165) is 11.4 Å². The first kappa shape index (κ1) is 18.9. The molecule has 0 saturated carbocycles. The van der Waals surface area contributed by atoms with Crippen LogP contribution in [0.1, 0.15) is 20.7 Å². The van der Waals surface area contributed by atoms with Gasteiger partial charge in [-0.25, -0.2) is 11.7 Å². The lowest BCUT2D eigenvalue weighted by Gasteiger charge is -2.17. The Morgan fingerprint density at radius 3 is 1.29 bits per heavy atom. The summed E-state index contributed by atoms with van der Waals surface area (Å²) in [6.45, 7) is 0. The van der Waals surface area contributed by atoms with Gasteiger partial charge in [0.15, 0.2) is 0 Å². The molecule has 0 aliphatic heterocycles. The Morgan fingerprint density at radius 1 is 0.607 bits per heavy atom. The van der Waals surface area contributed by atoms with E-state index in [4.69, 9.17) is 11.7 Å². The van der Waals surface area contributed by atoms with Gasteiger partial charge in [0.1, 0.15) is 0 Å². The van der Waals surface area contributed by atoms with Crippen molar-refractivity contribution >= 4 is 34.6 Å². The Balaban J connectivity index is 2.10. The minimum absolute atomic E-state index is 0.262. The number of para-hydroxylation sites is 2. The molecule has 0 spiro atoms. The fraction of sp³-hybridized carbons (Fsp3) is 0. The number of hydrazine groups is 2.